The average Bonchev–Trinajstić information content (AvgIpc) is 2.53. The van der Waals surface area contributed by atoms with Gasteiger partial charge in [0.15, 0.2) is 0 Å². The first-order valence-electron chi connectivity index (χ1n) is 6.70. The summed E-state index contributed by atoms with van der Waals surface area (Å²) in [6.45, 7) is 4.03. The molecule has 0 aromatic heterocycles. The molecule has 0 aromatic rings. The van der Waals surface area contributed by atoms with E-state index in [-0.39, 0.29) is 12.1 Å². The van der Waals surface area contributed by atoms with Crippen molar-refractivity contribution in [3.8, 4) is 0 Å². The van der Waals surface area contributed by atoms with Crippen molar-refractivity contribution in [3.63, 3.8) is 0 Å². The number of nitrogens with zero attached hydrogens (tertiary/aromatic N) is 1. The fraction of sp³-hybridized carbons (Fsp3) is 0.917. The van der Waals surface area contributed by atoms with Gasteiger partial charge in [-0.2, -0.15) is 0 Å². The normalized spacial score (nSPS) is 30.9. The molecule has 5 heteroatoms. The van der Waals surface area contributed by atoms with Gasteiger partial charge in [-0.1, -0.05) is 6.42 Å². The molecule has 0 spiro atoms. The molecule has 2 atom stereocenters. The number of likely N-dealkylation sites (N-methyl/N-ethyl adjacent to an activating group) is 1. The maximum absolute atomic E-state index is 11.8. The number of amides is 2. The van der Waals surface area contributed by atoms with Crippen LogP contribution in [-0.2, 0) is 0 Å². The van der Waals surface area contributed by atoms with Crippen LogP contribution >= 0.6 is 0 Å². The highest BCUT2D eigenvalue weighted by atomic mass is 16.2. The Morgan fingerprint density at radius 1 is 1.24 bits per heavy atom. The van der Waals surface area contributed by atoms with Crippen LogP contribution in [0.15, 0.2) is 0 Å². The van der Waals surface area contributed by atoms with Gasteiger partial charge in [0, 0.05) is 25.2 Å². The Morgan fingerprint density at radius 3 is 2.82 bits per heavy atom. The third-order valence-electron chi connectivity index (χ3n) is 3.61. The average molecular weight is 240 g/mol. The lowest BCUT2D eigenvalue weighted by Gasteiger charge is -2.19. The molecule has 0 saturated carbocycles. The summed E-state index contributed by atoms with van der Waals surface area (Å²) in [6.07, 6.45) is 4.56. The molecule has 2 rings (SSSR count). The standard InChI is InChI=1S/C12H24N4O/c1-16-7-5-11(9-16)15-12(17)14-10-4-2-3-6-13-8-10/h10-11,13H,2-9H2,1H3,(H2,14,15,17). The summed E-state index contributed by atoms with van der Waals surface area (Å²) in [5.74, 6) is 0. The summed E-state index contributed by atoms with van der Waals surface area (Å²) in [4.78, 5) is 14.1. The summed E-state index contributed by atoms with van der Waals surface area (Å²) in [5, 5.41) is 9.48. The zero-order chi connectivity index (χ0) is 12.1. The van der Waals surface area contributed by atoms with Crippen LogP contribution in [0, 0.1) is 0 Å². The van der Waals surface area contributed by atoms with Crippen LogP contribution in [0.4, 0.5) is 4.79 Å². The lowest BCUT2D eigenvalue weighted by Crippen LogP contribution is -2.49. The van der Waals surface area contributed by atoms with E-state index in [0.29, 0.717) is 6.04 Å². The summed E-state index contributed by atoms with van der Waals surface area (Å²) in [7, 11) is 2.09. The van der Waals surface area contributed by atoms with E-state index in [2.05, 4.69) is 27.9 Å². The Morgan fingerprint density at radius 2 is 2.06 bits per heavy atom. The van der Waals surface area contributed by atoms with Gasteiger partial charge in [-0.05, 0) is 39.4 Å². The third kappa shape index (κ3) is 4.16. The summed E-state index contributed by atoms with van der Waals surface area (Å²) in [6, 6.07) is 0.606. The molecule has 2 aliphatic rings. The molecule has 17 heavy (non-hydrogen) atoms. The Balaban J connectivity index is 1.69. The largest absolute Gasteiger partial charge is 0.334 e. The van der Waals surface area contributed by atoms with Gasteiger partial charge < -0.3 is 20.9 Å². The first kappa shape index (κ1) is 12.6. The van der Waals surface area contributed by atoms with E-state index >= 15 is 0 Å². The number of urea groups is 1. The second-order valence-corrected chi connectivity index (χ2v) is 5.26. The van der Waals surface area contributed by atoms with E-state index in [9.17, 15) is 4.79 Å². The molecule has 2 heterocycles. The van der Waals surface area contributed by atoms with Crippen molar-refractivity contribution in [2.45, 2.75) is 37.8 Å². The molecule has 2 aliphatic heterocycles. The second kappa shape index (κ2) is 6.21. The van der Waals surface area contributed by atoms with Gasteiger partial charge in [-0.3, -0.25) is 0 Å². The maximum atomic E-state index is 11.8. The van der Waals surface area contributed by atoms with Crippen LogP contribution in [0.3, 0.4) is 0 Å². The van der Waals surface area contributed by atoms with E-state index in [0.717, 1.165) is 39.0 Å². The monoisotopic (exact) mass is 240 g/mol. The Kier molecular flexibility index (Phi) is 4.62. The van der Waals surface area contributed by atoms with E-state index in [1.807, 2.05) is 0 Å². The number of hydrogen-bond acceptors (Lipinski definition) is 3. The van der Waals surface area contributed by atoms with Crippen molar-refractivity contribution in [2.75, 3.05) is 33.2 Å². The molecule has 5 nitrogen and oxygen atoms in total. The fourth-order valence-electron chi connectivity index (χ4n) is 2.61. The van der Waals surface area contributed by atoms with Crippen molar-refractivity contribution in [1.29, 1.82) is 0 Å². The Hall–Kier alpha value is -0.810. The Labute approximate surface area is 103 Å². The number of hydrogen-bond donors (Lipinski definition) is 3. The smallest absolute Gasteiger partial charge is 0.315 e. The maximum Gasteiger partial charge on any atom is 0.315 e. The lowest BCUT2D eigenvalue weighted by atomic mass is 10.1. The van der Waals surface area contributed by atoms with Gasteiger partial charge in [0.05, 0.1) is 0 Å². The molecule has 0 aromatic carbocycles. The predicted octanol–water partition coefficient (Wildman–Crippen LogP) is 0.132. The van der Waals surface area contributed by atoms with Crippen molar-refractivity contribution in [2.24, 2.45) is 0 Å². The van der Waals surface area contributed by atoms with Crippen molar-refractivity contribution in [3.05, 3.63) is 0 Å². The number of rotatable bonds is 2. The minimum atomic E-state index is -0.000926. The van der Waals surface area contributed by atoms with Crippen LogP contribution in [0.25, 0.3) is 0 Å². The van der Waals surface area contributed by atoms with Crippen molar-refractivity contribution in [1.82, 2.24) is 20.9 Å². The topological polar surface area (TPSA) is 56.4 Å². The molecule has 0 bridgehead atoms. The molecular formula is C12H24N4O. The van der Waals surface area contributed by atoms with E-state index in [1.165, 1.54) is 12.8 Å². The minimum absolute atomic E-state index is 0.000926. The van der Waals surface area contributed by atoms with Crippen LogP contribution in [0.5, 0.6) is 0 Å². The van der Waals surface area contributed by atoms with Crippen LogP contribution in [0.1, 0.15) is 25.7 Å². The number of likely N-dealkylation sites (tertiary alicyclic amines) is 1. The highest BCUT2D eigenvalue weighted by Gasteiger charge is 2.22. The van der Waals surface area contributed by atoms with E-state index < -0.39 is 0 Å². The molecule has 3 N–H and O–H groups in total. The molecule has 2 amide bonds. The lowest BCUT2D eigenvalue weighted by molar-refractivity contribution is 0.232. The molecule has 2 unspecified atom stereocenters. The quantitative estimate of drug-likeness (QED) is 0.643. The van der Waals surface area contributed by atoms with Gasteiger partial charge in [0.25, 0.3) is 0 Å². The van der Waals surface area contributed by atoms with Crippen molar-refractivity contribution >= 4 is 6.03 Å². The molecule has 0 radical (unpaired) electrons. The van der Waals surface area contributed by atoms with Crippen molar-refractivity contribution < 1.29 is 4.79 Å². The highest BCUT2D eigenvalue weighted by molar-refractivity contribution is 5.74. The van der Waals surface area contributed by atoms with Crippen LogP contribution in [-0.4, -0.2) is 56.2 Å². The number of nitrogens with one attached hydrogen (secondary N) is 3. The van der Waals surface area contributed by atoms with Gasteiger partial charge in [-0.15, -0.1) is 0 Å². The highest BCUT2D eigenvalue weighted by Crippen LogP contribution is 2.07. The van der Waals surface area contributed by atoms with Gasteiger partial charge >= 0.3 is 6.03 Å². The zero-order valence-corrected chi connectivity index (χ0v) is 10.7. The zero-order valence-electron chi connectivity index (χ0n) is 10.7. The Bertz CT molecular complexity index is 251. The number of carbonyl (C=O) groups is 1. The molecule has 0 aliphatic carbocycles. The SMILES string of the molecule is CN1CCC(NC(=O)NC2CCCCNC2)C1. The molecule has 2 fully saturated rings. The van der Waals surface area contributed by atoms with E-state index in [4.69, 9.17) is 0 Å². The van der Waals surface area contributed by atoms with Crippen LogP contribution < -0.4 is 16.0 Å². The molecule has 98 valence electrons. The first-order valence-corrected chi connectivity index (χ1v) is 6.70. The molecular weight excluding hydrogens is 216 g/mol. The second-order valence-electron chi connectivity index (χ2n) is 5.26. The summed E-state index contributed by atoms with van der Waals surface area (Å²) < 4.78 is 0. The first-order chi connectivity index (χ1) is 8.24. The van der Waals surface area contributed by atoms with Gasteiger partial charge in [0.1, 0.15) is 0 Å². The van der Waals surface area contributed by atoms with Crippen LogP contribution in [0.2, 0.25) is 0 Å². The summed E-state index contributed by atoms with van der Waals surface area (Å²) >= 11 is 0. The third-order valence-corrected chi connectivity index (χ3v) is 3.61. The minimum Gasteiger partial charge on any atom is -0.334 e. The van der Waals surface area contributed by atoms with E-state index in [1.54, 1.807) is 0 Å². The molecule has 2 saturated heterocycles. The van der Waals surface area contributed by atoms with Gasteiger partial charge in [-0.25, -0.2) is 4.79 Å². The van der Waals surface area contributed by atoms with Gasteiger partial charge in [0.2, 0.25) is 0 Å². The predicted molar refractivity (Wildman–Crippen MR) is 68.1 cm³/mol. The number of carbonyl (C=O) groups excluding carboxylic acids is 1. The summed E-state index contributed by atoms with van der Waals surface area (Å²) in [5.41, 5.74) is 0. The fourth-order valence-corrected chi connectivity index (χ4v) is 2.61.